The minimum Gasteiger partial charge on any atom is -0.344 e. The van der Waals surface area contributed by atoms with Gasteiger partial charge < -0.3 is 9.47 Å². The molecule has 0 radical (unpaired) electrons. The molecule has 2 heterocycles. The van der Waals surface area contributed by atoms with Crippen molar-refractivity contribution in [2.24, 2.45) is 5.92 Å². The largest absolute Gasteiger partial charge is 0.344 e. The fraction of sp³-hybridized carbons (Fsp3) is 0.360. The molecule has 0 aliphatic carbocycles. The van der Waals surface area contributed by atoms with Gasteiger partial charge in [0.1, 0.15) is 11.6 Å². The van der Waals surface area contributed by atoms with Crippen molar-refractivity contribution in [3.05, 3.63) is 78.1 Å². The van der Waals surface area contributed by atoms with E-state index in [2.05, 4.69) is 33.5 Å². The quantitative estimate of drug-likeness (QED) is 0.608. The molecule has 31 heavy (non-hydrogen) atoms. The maximum Gasteiger partial charge on any atom is 0.227 e. The molecule has 2 aromatic carbocycles. The van der Waals surface area contributed by atoms with Crippen molar-refractivity contribution >= 4 is 5.91 Å². The number of aryl methyl sites for hydroxylation is 1. The Labute approximate surface area is 183 Å². The molecule has 4 rings (SSSR count). The third-order valence-corrected chi connectivity index (χ3v) is 6.05. The Morgan fingerprint density at radius 2 is 1.90 bits per heavy atom. The van der Waals surface area contributed by atoms with E-state index in [1.807, 2.05) is 36.5 Å². The van der Waals surface area contributed by atoms with E-state index in [0.717, 1.165) is 48.7 Å². The van der Waals surface area contributed by atoms with Gasteiger partial charge in [0.15, 0.2) is 0 Å². The van der Waals surface area contributed by atoms with E-state index in [4.69, 9.17) is 0 Å². The second-order valence-electron chi connectivity index (χ2n) is 8.23. The number of aromatic nitrogens is 2. The summed E-state index contributed by atoms with van der Waals surface area (Å²) in [6.07, 6.45) is 4.52. The van der Waals surface area contributed by atoms with Crippen LogP contribution in [0, 0.1) is 11.7 Å². The molecule has 0 unspecified atom stereocenters. The van der Waals surface area contributed by atoms with Crippen LogP contribution < -0.4 is 0 Å². The highest BCUT2D eigenvalue weighted by molar-refractivity contribution is 5.79. The summed E-state index contributed by atoms with van der Waals surface area (Å²) in [5, 5.41) is 0. The predicted molar refractivity (Wildman–Crippen MR) is 120 cm³/mol. The normalized spacial score (nSPS) is 17.7. The van der Waals surface area contributed by atoms with Crippen molar-refractivity contribution in [3.8, 4) is 11.1 Å². The Balaban J connectivity index is 1.52. The van der Waals surface area contributed by atoms with Crippen LogP contribution in [0.1, 0.15) is 18.3 Å². The van der Waals surface area contributed by atoms with Gasteiger partial charge in [0.2, 0.25) is 5.91 Å². The van der Waals surface area contributed by atoms with E-state index in [1.165, 1.54) is 12.1 Å². The van der Waals surface area contributed by atoms with Gasteiger partial charge in [-0.25, -0.2) is 9.37 Å². The van der Waals surface area contributed by atoms with Gasteiger partial charge >= 0.3 is 0 Å². The van der Waals surface area contributed by atoms with Crippen molar-refractivity contribution in [1.82, 2.24) is 19.4 Å². The third kappa shape index (κ3) is 5.02. The number of hydrogen-bond acceptors (Lipinski definition) is 3. The second-order valence-corrected chi connectivity index (χ2v) is 8.23. The first-order valence-corrected chi connectivity index (χ1v) is 10.9. The molecule has 0 saturated carbocycles. The molecule has 1 aliphatic rings. The Hall–Kier alpha value is -2.99. The van der Waals surface area contributed by atoms with Crippen LogP contribution in [0.5, 0.6) is 0 Å². The van der Waals surface area contributed by atoms with Crippen LogP contribution in [0.2, 0.25) is 0 Å². The number of carbonyl (C=O) groups excluding carboxylic acids is 1. The number of likely N-dealkylation sites (N-methyl/N-ethyl adjacent to an activating group) is 1. The van der Waals surface area contributed by atoms with Crippen LogP contribution in [0.15, 0.2) is 60.9 Å². The minimum atomic E-state index is -0.240. The maximum absolute atomic E-state index is 13.3. The molecule has 0 spiro atoms. The highest BCUT2D eigenvalue weighted by atomic mass is 19.1. The summed E-state index contributed by atoms with van der Waals surface area (Å²) in [7, 11) is 1.89. The fourth-order valence-electron chi connectivity index (χ4n) is 4.27. The van der Waals surface area contributed by atoms with Crippen molar-refractivity contribution in [2.45, 2.75) is 26.4 Å². The molecule has 1 aliphatic heterocycles. The SMILES string of the molecule is CCn1ccnc1CN1CCN(C)C(=O)[C@H](Cc2cccc(-c3ccc(F)cc3)c2)C1. The van der Waals surface area contributed by atoms with Gasteiger partial charge in [-0.2, -0.15) is 0 Å². The molecule has 1 fully saturated rings. The van der Waals surface area contributed by atoms with E-state index < -0.39 is 0 Å². The first kappa shape index (κ1) is 21.2. The molecular weight excluding hydrogens is 391 g/mol. The monoisotopic (exact) mass is 420 g/mol. The summed E-state index contributed by atoms with van der Waals surface area (Å²) in [4.78, 5) is 21.7. The number of rotatable bonds is 6. The molecule has 5 nitrogen and oxygen atoms in total. The number of amides is 1. The smallest absolute Gasteiger partial charge is 0.227 e. The average molecular weight is 421 g/mol. The van der Waals surface area contributed by atoms with Gasteiger partial charge in [-0.15, -0.1) is 0 Å². The predicted octanol–water partition coefficient (Wildman–Crippen LogP) is 3.84. The Bertz CT molecular complexity index is 1030. The molecule has 0 bridgehead atoms. The van der Waals surface area contributed by atoms with E-state index in [0.29, 0.717) is 13.0 Å². The lowest BCUT2D eigenvalue weighted by molar-refractivity contribution is -0.133. The molecule has 6 heteroatoms. The lowest BCUT2D eigenvalue weighted by atomic mass is 9.95. The Morgan fingerprint density at radius 1 is 1.10 bits per heavy atom. The molecule has 1 amide bonds. The van der Waals surface area contributed by atoms with Crippen molar-refractivity contribution < 1.29 is 9.18 Å². The van der Waals surface area contributed by atoms with Gasteiger partial charge in [-0.1, -0.05) is 36.4 Å². The third-order valence-electron chi connectivity index (χ3n) is 6.05. The number of halogens is 1. The van der Waals surface area contributed by atoms with Crippen LogP contribution in [0.25, 0.3) is 11.1 Å². The highest BCUT2D eigenvalue weighted by Crippen LogP contribution is 2.24. The van der Waals surface area contributed by atoms with E-state index in [-0.39, 0.29) is 17.6 Å². The summed E-state index contributed by atoms with van der Waals surface area (Å²) >= 11 is 0. The van der Waals surface area contributed by atoms with Gasteiger partial charge in [-0.05, 0) is 42.2 Å². The number of nitrogens with zero attached hydrogens (tertiary/aromatic N) is 4. The Kier molecular flexibility index (Phi) is 6.47. The van der Waals surface area contributed by atoms with Crippen LogP contribution in [-0.2, 0) is 24.3 Å². The maximum atomic E-state index is 13.3. The van der Waals surface area contributed by atoms with Gasteiger partial charge in [0, 0.05) is 45.6 Å². The van der Waals surface area contributed by atoms with Crippen LogP contribution >= 0.6 is 0 Å². The minimum absolute atomic E-state index is 0.110. The average Bonchev–Trinajstić information content (AvgIpc) is 3.19. The molecule has 1 atom stereocenters. The zero-order chi connectivity index (χ0) is 21.8. The van der Waals surface area contributed by atoms with Crippen molar-refractivity contribution in [1.29, 1.82) is 0 Å². The topological polar surface area (TPSA) is 41.4 Å². The summed E-state index contributed by atoms with van der Waals surface area (Å²) in [5.41, 5.74) is 3.12. The second kappa shape index (κ2) is 9.43. The standard InChI is InChI=1S/C25H29FN4O/c1-3-30-12-11-27-24(30)18-29-14-13-28(2)25(31)22(17-29)16-19-5-4-6-21(15-19)20-7-9-23(26)10-8-20/h4-12,15,22H,3,13-14,16-18H2,1-2H3/t22-/m1/s1. The molecule has 1 saturated heterocycles. The highest BCUT2D eigenvalue weighted by Gasteiger charge is 2.29. The zero-order valence-electron chi connectivity index (χ0n) is 18.2. The summed E-state index contributed by atoms with van der Waals surface area (Å²) in [5.74, 6) is 0.877. The molecular formula is C25H29FN4O. The lowest BCUT2D eigenvalue weighted by Gasteiger charge is -2.23. The Morgan fingerprint density at radius 3 is 2.68 bits per heavy atom. The van der Waals surface area contributed by atoms with Gasteiger partial charge in [0.05, 0.1) is 12.5 Å². The van der Waals surface area contributed by atoms with Crippen molar-refractivity contribution in [2.75, 3.05) is 26.7 Å². The lowest BCUT2D eigenvalue weighted by Crippen LogP contribution is -2.34. The van der Waals surface area contributed by atoms with Crippen LogP contribution in [0.4, 0.5) is 4.39 Å². The van der Waals surface area contributed by atoms with E-state index in [1.54, 1.807) is 12.1 Å². The summed E-state index contributed by atoms with van der Waals surface area (Å²) < 4.78 is 15.4. The summed E-state index contributed by atoms with van der Waals surface area (Å²) in [6.45, 7) is 6.01. The van der Waals surface area contributed by atoms with Gasteiger partial charge in [-0.3, -0.25) is 9.69 Å². The van der Waals surface area contributed by atoms with Gasteiger partial charge in [0.25, 0.3) is 0 Å². The molecule has 162 valence electrons. The summed E-state index contributed by atoms with van der Waals surface area (Å²) in [6, 6.07) is 14.7. The molecule has 1 aromatic heterocycles. The number of carbonyl (C=O) groups is 1. The molecule has 0 N–H and O–H groups in total. The van der Waals surface area contributed by atoms with E-state index in [9.17, 15) is 9.18 Å². The zero-order valence-corrected chi connectivity index (χ0v) is 18.2. The van der Waals surface area contributed by atoms with Crippen LogP contribution in [0.3, 0.4) is 0 Å². The first-order valence-electron chi connectivity index (χ1n) is 10.9. The first-order chi connectivity index (χ1) is 15.0. The number of hydrogen-bond donors (Lipinski definition) is 0. The van der Waals surface area contributed by atoms with Crippen molar-refractivity contribution in [3.63, 3.8) is 0 Å². The number of imidazole rings is 1. The fourth-order valence-corrected chi connectivity index (χ4v) is 4.27. The van der Waals surface area contributed by atoms with E-state index >= 15 is 0 Å². The van der Waals surface area contributed by atoms with Crippen LogP contribution in [-0.4, -0.2) is 51.9 Å². The molecule has 3 aromatic rings. The number of benzene rings is 2.